The Morgan fingerprint density at radius 1 is 1.71 bits per heavy atom. The molecule has 0 saturated carbocycles. The summed E-state index contributed by atoms with van der Waals surface area (Å²) in [5.41, 5.74) is 0.211. The molecule has 0 atom stereocenters. The maximum atomic E-state index is 11.2. The molecule has 0 aliphatic carbocycles. The second kappa shape index (κ2) is 5.13. The second-order valence-corrected chi connectivity index (χ2v) is 2.44. The number of esters is 1. The van der Waals surface area contributed by atoms with Gasteiger partial charge >= 0.3 is 5.97 Å². The van der Waals surface area contributed by atoms with Gasteiger partial charge in [-0.25, -0.2) is 19.8 Å². The van der Waals surface area contributed by atoms with E-state index in [0.717, 1.165) is 0 Å². The maximum Gasteiger partial charge on any atom is 0.343 e. The average Bonchev–Trinajstić information content (AvgIpc) is 2.25. The van der Waals surface area contributed by atoms with Crippen molar-refractivity contribution in [3.8, 4) is 0 Å². The highest BCUT2D eigenvalue weighted by molar-refractivity contribution is 7.80. The largest absolute Gasteiger partial charge is 0.465 e. The predicted octanol–water partition coefficient (Wildman–Crippen LogP) is 0.965. The monoisotopic (exact) mass is 209 g/mol. The average molecular weight is 209 g/mol. The van der Waals surface area contributed by atoms with Crippen LogP contribution in [0.25, 0.3) is 0 Å². The van der Waals surface area contributed by atoms with Crippen molar-refractivity contribution in [1.29, 1.82) is 0 Å². The van der Waals surface area contributed by atoms with Gasteiger partial charge in [0.25, 0.3) is 0 Å². The first kappa shape index (κ1) is 10.4. The minimum absolute atomic E-state index is 0.211. The molecule has 0 radical (unpaired) electrons. The summed E-state index contributed by atoms with van der Waals surface area (Å²) >= 11 is 4.55. The van der Waals surface area contributed by atoms with Gasteiger partial charge in [0.05, 0.1) is 7.11 Å². The van der Waals surface area contributed by atoms with Crippen molar-refractivity contribution in [2.24, 2.45) is 4.99 Å². The molecular weight excluding hydrogens is 202 g/mol. The fourth-order valence-corrected chi connectivity index (χ4v) is 0.842. The first-order valence-corrected chi connectivity index (χ1v) is 4.13. The molecule has 1 heterocycles. The van der Waals surface area contributed by atoms with E-state index in [1.807, 2.05) is 0 Å². The number of ether oxygens (including phenoxy) is 1. The van der Waals surface area contributed by atoms with Crippen LogP contribution in [0.3, 0.4) is 0 Å². The van der Waals surface area contributed by atoms with Gasteiger partial charge in [-0.2, -0.15) is 0 Å². The molecule has 0 saturated heterocycles. The Kier molecular flexibility index (Phi) is 3.81. The lowest BCUT2D eigenvalue weighted by Gasteiger charge is -1.99. The van der Waals surface area contributed by atoms with Crippen LogP contribution < -0.4 is 0 Å². The lowest BCUT2D eigenvalue weighted by molar-refractivity contribution is 0.0601. The summed E-state index contributed by atoms with van der Waals surface area (Å²) in [5, 5.41) is 1.32. The molecule has 0 spiro atoms. The van der Waals surface area contributed by atoms with E-state index in [2.05, 4.69) is 31.9 Å². The first-order valence-electron chi connectivity index (χ1n) is 3.65. The van der Waals surface area contributed by atoms with E-state index in [4.69, 9.17) is 0 Å². The molecule has 1 aromatic rings. The maximum absolute atomic E-state index is 11.2. The molecule has 0 aromatic carbocycles. The van der Waals surface area contributed by atoms with Crippen LogP contribution in [-0.2, 0) is 4.74 Å². The number of nitrogens with zero attached hydrogens (tertiary/aromatic N) is 3. The summed E-state index contributed by atoms with van der Waals surface area (Å²) in [6.07, 6.45) is 4.00. The standard InChI is InChI=1S/C8H7N3O2S/c1-13-8(12)6-4-9-5-11-7(6)10-2-3-14/h2-5H,1H3. The topological polar surface area (TPSA) is 64.4 Å². The van der Waals surface area contributed by atoms with Gasteiger partial charge in [-0.3, -0.25) is 0 Å². The smallest absolute Gasteiger partial charge is 0.343 e. The highest BCUT2D eigenvalue weighted by atomic mass is 32.1. The molecular formula is C8H7N3O2S. The third-order valence-corrected chi connectivity index (χ3v) is 1.48. The van der Waals surface area contributed by atoms with Gasteiger partial charge in [0, 0.05) is 17.8 Å². The Balaban J connectivity index is 3.08. The van der Waals surface area contributed by atoms with E-state index in [1.54, 1.807) is 0 Å². The fourth-order valence-electron chi connectivity index (χ4n) is 0.781. The van der Waals surface area contributed by atoms with Gasteiger partial charge in [0.15, 0.2) is 5.82 Å². The first-order chi connectivity index (χ1) is 6.79. The molecule has 0 unspecified atom stereocenters. The van der Waals surface area contributed by atoms with Crippen LogP contribution in [0, 0.1) is 0 Å². The normalized spacial score (nSPS) is 10.1. The fraction of sp³-hybridized carbons (Fsp3) is 0.125. The number of hydrogen-bond donors (Lipinski definition) is 0. The minimum Gasteiger partial charge on any atom is -0.465 e. The number of methoxy groups -OCH3 is 1. The number of carbonyl (C=O) groups excluding carboxylic acids is 1. The quantitative estimate of drug-likeness (QED) is 0.421. The van der Waals surface area contributed by atoms with Crippen molar-refractivity contribution in [2.45, 2.75) is 0 Å². The third-order valence-electron chi connectivity index (χ3n) is 1.35. The summed E-state index contributed by atoms with van der Waals surface area (Å²) in [5.74, 6) is -0.282. The van der Waals surface area contributed by atoms with Crippen LogP contribution in [-0.4, -0.2) is 34.6 Å². The Labute approximate surface area is 85.9 Å². The third kappa shape index (κ3) is 2.40. The van der Waals surface area contributed by atoms with Crippen LogP contribution in [0.5, 0.6) is 0 Å². The number of aliphatic imine (C=N–C) groups is 1. The Morgan fingerprint density at radius 3 is 3.14 bits per heavy atom. The van der Waals surface area contributed by atoms with Crippen molar-refractivity contribution in [2.75, 3.05) is 7.11 Å². The molecule has 0 fully saturated rings. The zero-order valence-electron chi connectivity index (χ0n) is 7.38. The van der Waals surface area contributed by atoms with Crippen molar-refractivity contribution in [3.63, 3.8) is 0 Å². The van der Waals surface area contributed by atoms with Gasteiger partial charge in [0.2, 0.25) is 0 Å². The molecule has 0 aliphatic rings. The molecule has 0 N–H and O–H groups in total. The zero-order chi connectivity index (χ0) is 10.4. The minimum atomic E-state index is -0.526. The van der Waals surface area contributed by atoms with Gasteiger partial charge in [-0.15, -0.1) is 0 Å². The van der Waals surface area contributed by atoms with Crippen molar-refractivity contribution >= 4 is 35.6 Å². The molecule has 0 amide bonds. The number of hydrogen-bond acceptors (Lipinski definition) is 6. The van der Waals surface area contributed by atoms with Crippen molar-refractivity contribution < 1.29 is 9.53 Å². The summed E-state index contributed by atoms with van der Waals surface area (Å²) in [6, 6.07) is 0. The number of carbonyl (C=O) groups is 1. The molecule has 1 aromatic heterocycles. The van der Waals surface area contributed by atoms with Crippen LogP contribution in [0.1, 0.15) is 10.4 Å². The van der Waals surface area contributed by atoms with Gasteiger partial charge < -0.3 is 4.74 Å². The lowest BCUT2D eigenvalue weighted by atomic mass is 10.3. The van der Waals surface area contributed by atoms with E-state index in [0.29, 0.717) is 0 Å². The molecule has 0 bridgehead atoms. The van der Waals surface area contributed by atoms with Crippen molar-refractivity contribution in [3.05, 3.63) is 18.1 Å². The van der Waals surface area contributed by atoms with Crippen LogP contribution in [0.4, 0.5) is 5.82 Å². The number of aromatic nitrogens is 2. The van der Waals surface area contributed by atoms with Gasteiger partial charge in [-0.1, -0.05) is 12.2 Å². The molecule has 72 valence electrons. The second-order valence-electron chi connectivity index (χ2n) is 2.17. The number of thiocarbonyl (C=S) groups is 1. The molecule has 0 aliphatic heterocycles. The lowest BCUT2D eigenvalue weighted by Crippen LogP contribution is -2.03. The van der Waals surface area contributed by atoms with Crippen LogP contribution in [0.2, 0.25) is 0 Å². The van der Waals surface area contributed by atoms with Gasteiger partial charge in [0.1, 0.15) is 11.9 Å². The Hall–Kier alpha value is -1.69. The van der Waals surface area contributed by atoms with E-state index in [1.165, 1.54) is 31.2 Å². The van der Waals surface area contributed by atoms with Crippen LogP contribution in [0.15, 0.2) is 17.5 Å². The van der Waals surface area contributed by atoms with E-state index in [9.17, 15) is 4.79 Å². The molecule has 14 heavy (non-hydrogen) atoms. The predicted molar refractivity (Wildman–Crippen MR) is 55.2 cm³/mol. The SMILES string of the molecule is COC(=O)c1cncnc1N=CC=S. The molecule has 1 rings (SSSR count). The highest BCUT2D eigenvalue weighted by Gasteiger charge is 2.11. The Morgan fingerprint density at radius 2 is 2.50 bits per heavy atom. The molecule has 6 heteroatoms. The summed E-state index contributed by atoms with van der Waals surface area (Å²) in [7, 11) is 1.28. The van der Waals surface area contributed by atoms with E-state index in [-0.39, 0.29) is 11.4 Å². The highest BCUT2D eigenvalue weighted by Crippen LogP contribution is 2.13. The summed E-state index contributed by atoms with van der Waals surface area (Å²) < 4.78 is 4.53. The summed E-state index contributed by atoms with van der Waals surface area (Å²) in [4.78, 5) is 22.6. The van der Waals surface area contributed by atoms with E-state index < -0.39 is 5.97 Å². The molecule has 5 nitrogen and oxygen atoms in total. The van der Waals surface area contributed by atoms with Crippen molar-refractivity contribution in [1.82, 2.24) is 9.97 Å². The van der Waals surface area contributed by atoms with E-state index >= 15 is 0 Å². The Bertz CT molecular complexity index is 379. The van der Waals surface area contributed by atoms with Gasteiger partial charge in [-0.05, 0) is 0 Å². The summed E-state index contributed by atoms with van der Waals surface area (Å²) in [6.45, 7) is 0. The number of rotatable bonds is 3. The zero-order valence-corrected chi connectivity index (χ0v) is 8.19. The van der Waals surface area contributed by atoms with Crippen LogP contribution >= 0.6 is 12.2 Å².